The minimum absolute atomic E-state index is 0.251. The molecular formula is C13H12FN3S2. The fourth-order valence-electron chi connectivity index (χ4n) is 1.39. The summed E-state index contributed by atoms with van der Waals surface area (Å²) in [6.45, 7) is 1.88. The van der Waals surface area contributed by atoms with Gasteiger partial charge in [0.25, 0.3) is 0 Å². The van der Waals surface area contributed by atoms with Crippen LogP contribution in [0.1, 0.15) is 11.8 Å². The summed E-state index contributed by atoms with van der Waals surface area (Å²) in [5.74, 6) is -0.356. The van der Waals surface area contributed by atoms with Gasteiger partial charge in [-0.3, -0.25) is 5.43 Å². The molecule has 0 aliphatic carbocycles. The van der Waals surface area contributed by atoms with E-state index in [2.05, 4.69) is 15.8 Å². The van der Waals surface area contributed by atoms with Gasteiger partial charge < -0.3 is 5.32 Å². The van der Waals surface area contributed by atoms with Crippen molar-refractivity contribution in [1.82, 2.24) is 5.43 Å². The number of hydrogen-bond acceptors (Lipinski definition) is 3. The lowest BCUT2D eigenvalue weighted by molar-refractivity contribution is 0.632. The number of thiocarbonyl (C=S) groups is 1. The lowest BCUT2D eigenvalue weighted by Gasteiger charge is -2.08. The number of nitrogens with one attached hydrogen (secondary N) is 2. The predicted molar refractivity (Wildman–Crippen MR) is 82.3 cm³/mol. The molecule has 0 bridgehead atoms. The molecule has 0 radical (unpaired) electrons. The lowest BCUT2D eigenvalue weighted by atomic mass is 10.3. The van der Waals surface area contributed by atoms with E-state index >= 15 is 0 Å². The van der Waals surface area contributed by atoms with Crippen LogP contribution in [-0.2, 0) is 0 Å². The third kappa shape index (κ3) is 3.84. The number of rotatable bonds is 3. The van der Waals surface area contributed by atoms with Gasteiger partial charge in [0.2, 0.25) is 0 Å². The summed E-state index contributed by atoms with van der Waals surface area (Å²) in [6.07, 6.45) is 0. The zero-order valence-corrected chi connectivity index (χ0v) is 11.8. The van der Waals surface area contributed by atoms with Gasteiger partial charge in [0, 0.05) is 4.88 Å². The van der Waals surface area contributed by atoms with Crippen LogP contribution in [0.15, 0.2) is 46.9 Å². The number of benzene rings is 1. The standard InChI is InChI=1S/C13H12FN3S2/c1-9(12-7-4-8-19-12)16-17-13(18)15-11-6-3-2-5-10(11)14/h2-8H,1H3,(H2,15,17,18)/b16-9+. The van der Waals surface area contributed by atoms with E-state index in [1.807, 2.05) is 24.4 Å². The molecule has 2 aromatic rings. The molecule has 2 rings (SSSR count). The van der Waals surface area contributed by atoms with E-state index in [0.29, 0.717) is 5.69 Å². The lowest BCUT2D eigenvalue weighted by Crippen LogP contribution is -2.25. The number of thiophene rings is 1. The Balaban J connectivity index is 1.96. The van der Waals surface area contributed by atoms with Crippen LogP contribution in [0.2, 0.25) is 0 Å². The molecule has 0 aliphatic rings. The Morgan fingerprint density at radius 2 is 2.05 bits per heavy atom. The Labute approximate surface area is 120 Å². The number of halogens is 1. The summed E-state index contributed by atoms with van der Waals surface area (Å²) in [6, 6.07) is 10.3. The molecule has 0 saturated heterocycles. The first kappa shape index (κ1) is 13.6. The third-order valence-electron chi connectivity index (χ3n) is 2.32. The smallest absolute Gasteiger partial charge is 0.191 e. The van der Waals surface area contributed by atoms with Crippen molar-refractivity contribution in [2.45, 2.75) is 6.92 Å². The van der Waals surface area contributed by atoms with Gasteiger partial charge in [-0.05, 0) is 42.7 Å². The predicted octanol–water partition coefficient (Wildman–Crippen LogP) is 3.60. The van der Waals surface area contributed by atoms with E-state index in [1.54, 1.807) is 29.5 Å². The van der Waals surface area contributed by atoms with Crippen LogP contribution in [0, 0.1) is 5.82 Å². The topological polar surface area (TPSA) is 36.4 Å². The van der Waals surface area contributed by atoms with E-state index < -0.39 is 0 Å². The molecule has 98 valence electrons. The second-order valence-corrected chi connectivity index (χ2v) is 5.08. The van der Waals surface area contributed by atoms with E-state index in [4.69, 9.17) is 12.2 Å². The number of anilines is 1. The van der Waals surface area contributed by atoms with Gasteiger partial charge in [-0.15, -0.1) is 11.3 Å². The Morgan fingerprint density at radius 1 is 1.26 bits per heavy atom. The molecule has 1 aromatic heterocycles. The molecule has 0 aliphatic heterocycles. The van der Waals surface area contributed by atoms with Gasteiger partial charge in [0.15, 0.2) is 5.11 Å². The number of hydrogen-bond donors (Lipinski definition) is 2. The molecular weight excluding hydrogens is 281 g/mol. The molecule has 0 saturated carbocycles. The van der Waals surface area contributed by atoms with Crippen LogP contribution < -0.4 is 10.7 Å². The average molecular weight is 293 g/mol. The first-order valence-corrected chi connectivity index (χ1v) is 6.85. The van der Waals surface area contributed by atoms with Crippen molar-refractivity contribution in [3.05, 3.63) is 52.5 Å². The highest BCUT2D eigenvalue weighted by atomic mass is 32.1. The van der Waals surface area contributed by atoms with Gasteiger partial charge in [-0.2, -0.15) is 5.10 Å². The first-order chi connectivity index (χ1) is 9.16. The highest BCUT2D eigenvalue weighted by Gasteiger charge is 2.02. The van der Waals surface area contributed by atoms with Crippen LogP contribution in [0.25, 0.3) is 0 Å². The molecule has 0 atom stereocenters. The van der Waals surface area contributed by atoms with Gasteiger partial charge in [-0.25, -0.2) is 4.39 Å². The van der Waals surface area contributed by atoms with Crippen molar-refractivity contribution in [3.8, 4) is 0 Å². The molecule has 3 nitrogen and oxygen atoms in total. The average Bonchev–Trinajstić information content (AvgIpc) is 2.93. The van der Waals surface area contributed by atoms with Crippen LogP contribution in [0.4, 0.5) is 10.1 Å². The minimum atomic E-state index is -0.356. The molecule has 2 N–H and O–H groups in total. The molecule has 1 heterocycles. The molecule has 0 fully saturated rings. The molecule has 1 aromatic carbocycles. The van der Waals surface area contributed by atoms with Crippen molar-refractivity contribution in [2.24, 2.45) is 5.10 Å². The molecule has 19 heavy (non-hydrogen) atoms. The zero-order valence-electron chi connectivity index (χ0n) is 10.2. The number of nitrogens with zero attached hydrogens (tertiary/aromatic N) is 1. The maximum atomic E-state index is 13.4. The third-order valence-corrected chi connectivity index (χ3v) is 3.50. The second kappa shape index (κ2) is 6.40. The van der Waals surface area contributed by atoms with Gasteiger partial charge in [-0.1, -0.05) is 18.2 Å². The summed E-state index contributed by atoms with van der Waals surface area (Å²) >= 11 is 6.65. The first-order valence-electron chi connectivity index (χ1n) is 5.56. The van der Waals surface area contributed by atoms with E-state index in [9.17, 15) is 4.39 Å². The Bertz CT molecular complexity index is 594. The number of hydrazone groups is 1. The number of para-hydroxylation sites is 1. The van der Waals surface area contributed by atoms with Gasteiger partial charge >= 0.3 is 0 Å². The van der Waals surface area contributed by atoms with Crippen molar-refractivity contribution in [2.75, 3.05) is 5.32 Å². The van der Waals surface area contributed by atoms with Crippen molar-refractivity contribution >= 4 is 40.1 Å². The van der Waals surface area contributed by atoms with Gasteiger partial charge in [0.05, 0.1) is 11.4 Å². The highest BCUT2D eigenvalue weighted by Crippen LogP contribution is 2.12. The SMILES string of the molecule is C/C(=N\NC(=S)Nc1ccccc1F)c1cccs1. The highest BCUT2D eigenvalue weighted by molar-refractivity contribution is 7.80. The molecule has 0 amide bonds. The van der Waals surface area contributed by atoms with Gasteiger partial charge in [0.1, 0.15) is 5.82 Å². The molecule has 6 heteroatoms. The summed E-state index contributed by atoms with van der Waals surface area (Å²) in [7, 11) is 0. The van der Waals surface area contributed by atoms with Crippen molar-refractivity contribution in [1.29, 1.82) is 0 Å². The van der Waals surface area contributed by atoms with Crippen molar-refractivity contribution < 1.29 is 4.39 Å². The van der Waals surface area contributed by atoms with Crippen LogP contribution in [0.3, 0.4) is 0 Å². The van der Waals surface area contributed by atoms with E-state index in [-0.39, 0.29) is 10.9 Å². The Kier molecular flexibility index (Phi) is 4.59. The zero-order chi connectivity index (χ0) is 13.7. The van der Waals surface area contributed by atoms with Crippen LogP contribution in [0.5, 0.6) is 0 Å². The van der Waals surface area contributed by atoms with Crippen LogP contribution >= 0.6 is 23.6 Å². The fraction of sp³-hybridized carbons (Fsp3) is 0.0769. The monoisotopic (exact) mass is 293 g/mol. The quantitative estimate of drug-likeness (QED) is 0.516. The largest absolute Gasteiger partial charge is 0.329 e. The van der Waals surface area contributed by atoms with Crippen LogP contribution in [-0.4, -0.2) is 10.8 Å². The summed E-state index contributed by atoms with van der Waals surface area (Å²) in [5, 5.41) is 9.12. The van der Waals surface area contributed by atoms with E-state index in [1.165, 1.54) is 6.07 Å². The maximum absolute atomic E-state index is 13.4. The Morgan fingerprint density at radius 3 is 2.74 bits per heavy atom. The van der Waals surface area contributed by atoms with Crippen molar-refractivity contribution in [3.63, 3.8) is 0 Å². The summed E-state index contributed by atoms with van der Waals surface area (Å²) < 4.78 is 13.4. The van der Waals surface area contributed by atoms with E-state index in [0.717, 1.165) is 10.6 Å². The molecule has 0 spiro atoms. The summed E-state index contributed by atoms with van der Waals surface area (Å²) in [5.41, 5.74) is 3.84. The minimum Gasteiger partial charge on any atom is -0.329 e. The fourth-order valence-corrected chi connectivity index (χ4v) is 2.22. The maximum Gasteiger partial charge on any atom is 0.191 e. The summed E-state index contributed by atoms with van der Waals surface area (Å²) in [4.78, 5) is 1.06. The second-order valence-electron chi connectivity index (χ2n) is 3.72. The Hall–Kier alpha value is -1.79. The normalized spacial score (nSPS) is 11.2. The molecule has 0 unspecified atom stereocenters.